The highest BCUT2D eigenvalue weighted by molar-refractivity contribution is 7.85. The molecule has 0 saturated heterocycles. The summed E-state index contributed by atoms with van der Waals surface area (Å²) in [6.07, 6.45) is 0. The van der Waals surface area contributed by atoms with Gasteiger partial charge in [-0.2, -0.15) is 0 Å². The van der Waals surface area contributed by atoms with Crippen LogP contribution < -0.4 is 0 Å². The largest absolute Gasteiger partial charge is 0.481 e. The zero-order chi connectivity index (χ0) is 17.0. The molecule has 2 atom stereocenters. The molecule has 1 N–H and O–H groups in total. The number of benzene rings is 2. The van der Waals surface area contributed by atoms with Crippen LogP contribution in [0.2, 0.25) is 0 Å². The number of carboxylic acids is 1. The van der Waals surface area contributed by atoms with Gasteiger partial charge < -0.3 is 5.11 Å². The van der Waals surface area contributed by atoms with Crippen LogP contribution >= 0.6 is 0 Å². The molecule has 0 aliphatic carbocycles. The molecule has 0 bridgehead atoms. The Morgan fingerprint density at radius 2 is 1.83 bits per heavy atom. The second-order valence-corrected chi connectivity index (χ2v) is 6.71. The average Bonchev–Trinajstić information content (AvgIpc) is 2.53. The molecular formula is C16H15NO5S. The van der Waals surface area contributed by atoms with Crippen LogP contribution in [0.15, 0.2) is 48.5 Å². The van der Waals surface area contributed by atoms with Crippen molar-refractivity contribution in [3.8, 4) is 11.1 Å². The first-order chi connectivity index (χ1) is 10.9. The van der Waals surface area contributed by atoms with Crippen molar-refractivity contribution < 1.29 is 19.0 Å². The minimum atomic E-state index is -1.52. The molecule has 2 rings (SSSR count). The Morgan fingerprint density at radius 3 is 2.39 bits per heavy atom. The summed E-state index contributed by atoms with van der Waals surface area (Å²) in [5.41, 5.74) is 1.93. The fourth-order valence-electron chi connectivity index (χ4n) is 2.21. The van der Waals surface area contributed by atoms with Crippen LogP contribution in [0.25, 0.3) is 11.1 Å². The molecule has 0 spiro atoms. The first kappa shape index (κ1) is 16.8. The zero-order valence-electron chi connectivity index (χ0n) is 12.3. The van der Waals surface area contributed by atoms with E-state index < -0.39 is 32.7 Å². The summed E-state index contributed by atoms with van der Waals surface area (Å²) >= 11 is 0. The number of carboxylic acid groups (broad SMARTS) is 1. The molecular weight excluding hydrogens is 318 g/mol. The minimum absolute atomic E-state index is 0.0164. The van der Waals surface area contributed by atoms with E-state index in [1.54, 1.807) is 49.4 Å². The summed E-state index contributed by atoms with van der Waals surface area (Å²) in [4.78, 5) is 21.3. The van der Waals surface area contributed by atoms with Crippen molar-refractivity contribution >= 4 is 22.5 Å². The normalized spacial score (nSPS) is 13.3. The Balaban J connectivity index is 2.28. The van der Waals surface area contributed by atoms with Crippen LogP contribution in [-0.4, -0.2) is 26.0 Å². The Kier molecular flexibility index (Phi) is 5.23. The Morgan fingerprint density at radius 1 is 1.22 bits per heavy atom. The van der Waals surface area contributed by atoms with E-state index in [2.05, 4.69) is 0 Å². The van der Waals surface area contributed by atoms with Crippen LogP contribution in [0, 0.1) is 10.1 Å². The number of aliphatic carboxylic acids is 1. The van der Waals surface area contributed by atoms with Gasteiger partial charge in [-0.15, -0.1) is 0 Å². The maximum absolute atomic E-state index is 11.9. The van der Waals surface area contributed by atoms with Gasteiger partial charge in [0, 0.05) is 16.9 Å². The lowest BCUT2D eigenvalue weighted by molar-refractivity contribution is -0.384. The van der Waals surface area contributed by atoms with Crippen molar-refractivity contribution in [2.45, 2.75) is 12.2 Å². The van der Waals surface area contributed by atoms with Gasteiger partial charge in [-0.25, -0.2) is 0 Å². The number of rotatable bonds is 6. The zero-order valence-corrected chi connectivity index (χ0v) is 13.2. The van der Waals surface area contributed by atoms with E-state index in [1.807, 2.05) is 0 Å². The SMILES string of the molecule is CC(c1ccc(-c2ccccc2[N+](=O)[O-])cc1)S(=O)CC(=O)O. The first-order valence-corrected chi connectivity index (χ1v) is 8.21. The molecule has 0 aromatic heterocycles. The molecule has 7 heteroatoms. The molecule has 0 saturated carbocycles. The number of nitro groups is 1. The summed E-state index contributed by atoms with van der Waals surface area (Å²) in [6, 6.07) is 13.3. The van der Waals surface area contributed by atoms with Gasteiger partial charge in [-0.3, -0.25) is 19.1 Å². The van der Waals surface area contributed by atoms with Gasteiger partial charge in [0.05, 0.1) is 15.7 Å². The highest BCUT2D eigenvalue weighted by Crippen LogP contribution is 2.30. The lowest BCUT2D eigenvalue weighted by Crippen LogP contribution is -2.14. The number of nitrogens with zero attached hydrogens (tertiary/aromatic N) is 1. The molecule has 120 valence electrons. The van der Waals surface area contributed by atoms with Gasteiger partial charge in [0.15, 0.2) is 0 Å². The van der Waals surface area contributed by atoms with Gasteiger partial charge in [0.25, 0.3) is 5.69 Å². The fraction of sp³-hybridized carbons (Fsp3) is 0.188. The molecule has 0 aliphatic rings. The quantitative estimate of drug-likeness (QED) is 0.647. The minimum Gasteiger partial charge on any atom is -0.481 e. The molecule has 23 heavy (non-hydrogen) atoms. The van der Waals surface area contributed by atoms with Crippen molar-refractivity contribution in [1.29, 1.82) is 0 Å². The fourth-order valence-corrected chi connectivity index (χ4v) is 3.16. The van der Waals surface area contributed by atoms with E-state index in [-0.39, 0.29) is 5.69 Å². The van der Waals surface area contributed by atoms with Crippen LogP contribution in [0.3, 0.4) is 0 Å². The van der Waals surface area contributed by atoms with Crippen molar-refractivity contribution in [1.82, 2.24) is 0 Å². The van der Waals surface area contributed by atoms with Crippen LogP contribution in [0.5, 0.6) is 0 Å². The Hall–Kier alpha value is -2.54. The maximum atomic E-state index is 11.9. The predicted octanol–water partition coefficient (Wildman–Crippen LogP) is 3.16. The average molecular weight is 333 g/mol. The van der Waals surface area contributed by atoms with Crippen molar-refractivity contribution in [3.05, 3.63) is 64.2 Å². The molecule has 0 aliphatic heterocycles. The summed E-state index contributed by atoms with van der Waals surface area (Å²) < 4.78 is 11.9. The third-order valence-electron chi connectivity index (χ3n) is 3.45. The third-order valence-corrected chi connectivity index (χ3v) is 5.04. The lowest BCUT2D eigenvalue weighted by atomic mass is 10.0. The number of hydrogen-bond acceptors (Lipinski definition) is 4. The van der Waals surface area contributed by atoms with Gasteiger partial charge in [-0.05, 0) is 24.1 Å². The second kappa shape index (κ2) is 7.15. The smallest absolute Gasteiger partial charge is 0.316 e. The van der Waals surface area contributed by atoms with Crippen LogP contribution in [0.4, 0.5) is 5.69 Å². The summed E-state index contributed by atoms with van der Waals surface area (Å²) in [6.45, 7) is 1.69. The van der Waals surface area contributed by atoms with E-state index in [0.29, 0.717) is 11.1 Å². The second-order valence-electron chi connectivity index (χ2n) is 4.96. The molecule has 6 nitrogen and oxygen atoms in total. The number of carbonyl (C=O) groups is 1. The monoisotopic (exact) mass is 333 g/mol. The van der Waals surface area contributed by atoms with E-state index in [9.17, 15) is 19.1 Å². The van der Waals surface area contributed by atoms with Gasteiger partial charge in [0.2, 0.25) is 0 Å². The van der Waals surface area contributed by atoms with E-state index in [0.717, 1.165) is 5.56 Å². The Labute approximate surface area is 135 Å². The first-order valence-electron chi connectivity index (χ1n) is 6.83. The lowest BCUT2D eigenvalue weighted by Gasteiger charge is -2.11. The molecule has 0 amide bonds. The third kappa shape index (κ3) is 4.01. The standard InChI is InChI=1S/C16H15NO5S/c1-11(23(22)10-16(18)19)12-6-8-13(9-7-12)14-4-2-3-5-15(14)17(20)21/h2-9,11H,10H2,1H3,(H,18,19). The summed E-state index contributed by atoms with van der Waals surface area (Å²) in [7, 11) is -1.52. The van der Waals surface area contributed by atoms with Crippen LogP contribution in [-0.2, 0) is 15.6 Å². The van der Waals surface area contributed by atoms with Gasteiger partial charge in [-0.1, -0.05) is 36.4 Å². The highest BCUT2D eigenvalue weighted by atomic mass is 32.2. The molecule has 2 aromatic carbocycles. The molecule has 2 aromatic rings. The topological polar surface area (TPSA) is 97.5 Å². The Bertz CT molecular complexity index is 757. The summed E-state index contributed by atoms with van der Waals surface area (Å²) in [5.74, 6) is -1.51. The molecule has 0 heterocycles. The van der Waals surface area contributed by atoms with Crippen molar-refractivity contribution in [3.63, 3.8) is 0 Å². The van der Waals surface area contributed by atoms with Gasteiger partial charge in [0.1, 0.15) is 5.75 Å². The summed E-state index contributed by atoms with van der Waals surface area (Å²) in [5, 5.41) is 19.3. The maximum Gasteiger partial charge on any atom is 0.316 e. The van der Waals surface area contributed by atoms with Crippen molar-refractivity contribution in [2.75, 3.05) is 5.75 Å². The molecule has 0 radical (unpaired) electrons. The predicted molar refractivity (Wildman–Crippen MR) is 87.6 cm³/mol. The van der Waals surface area contributed by atoms with E-state index >= 15 is 0 Å². The molecule has 2 unspecified atom stereocenters. The number of hydrogen-bond donors (Lipinski definition) is 1. The molecule has 0 fully saturated rings. The van der Waals surface area contributed by atoms with E-state index in [1.165, 1.54) is 6.07 Å². The van der Waals surface area contributed by atoms with Crippen molar-refractivity contribution in [2.24, 2.45) is 0 Å². The number of nitro benzene ring substituents is 1. The highest BCUT2D eigenvalue weighted by Gasteiger charge is 2.18. The van der Waals surface area contributed by atoms with Gasteiger partial charge >= 0.3 is 5.97 Å². The van der Waals surface area contributed by atoms with Crippen LogP contribution in [0.1, 0.15) is 17.7 Å². The number of para-hydroxylation sites is 1. The van der Waals surface area contributed by atoms with E-state index in [4.69, 9.17) is 5.11 Å².